The van der Waals surface area contributed by atoms with Gasteiger partial charge in [0.2, 0.25) is 0 Å². The van der Waals surface area contributed by atoms with Gasteiger partial charge in [-0.2, -0.15) is 0 Å². The van der Waals surface area contributed by atoms with Gasteiger partial charge in [-0.05, 0) is 38.1 Å². The van der Waals surface area contributed by atoms with E-state index in [0.717, 1.165) is 16.8 Å². The summed E-state index contributed by atoms with van der Waals surface area (Å²) in [5.41, 5.74) is 8.37. The molecule has 0 saturated carbocycles. The number of hydrogen-bond acceptors (Lipinski definition) is 3. The average Bonchev–Trinajstić information content (AvgIpc) is 2.29. The van der Waals surface area contributed by atoms with E-state index in [0.29, 0.717) is 5.82 Å². The first-order valence-electron chi connectivity index (χ1n) is 5.43. The Balaban J connectivity index is 2.41. The summed E-state index contributed by atoms with van der Waals surface area (Å²) in [6, 6.07) is 6.03. The van der Waals surface area contributed by atoms with Crippen LogP contribution in [0.1, 0.15) is 24.2 Å². The van der Waals surface area contributed by atoms with Gasteiger partial charge in [-0.15, -0.1) is 0 Å². The van der Waals surface area contributed by atoms with E-state index in [1.807, 2.05) is 13.8 Å². The van der Waals surface area contributed by atoms with Gasteiger partial charge in [-0.1, -0.05) is 0 Å². The molecule has 0 bridgehead atoms. The van der Waals surface area contributed by atoms with E-state index in [9.17, 15) is 4.39 Å². The number of rotatable bonds is 2. The molecule has 0 radical (unpaired) electrons. The van der Waals surface area contributed by atoms with Crippen LogP contribution in [0, 0.1) is 12.7 Å². The third kappa shape index (κ3) is 2.47. The van der Waals surface area contributed by atoms with Gasteiger partial charge in [-0.25, -0.2) is 14.4 Å². The van der Waals surface area contributed by atoms with Gasteiger partial charge < -0.3 is 5.73 Å². The van der Waals surface area contributed by atoms with Gasteiger partial charge in [0.05, 0.1) is 0 Å². The molecule has 2 N–H and O–H groups in total. The molecule has 1 atom stereocenters. The van der Waals surface area contributed by atoms with E-state index in [2.05, 4.69) is 9.97 Å². The maximum Gasteiger partial charge on any atom is 0.159 e. The number of hydrogen-bond donors (Lipinski definition) is 1. The number of aryl methyl sites for hydroxylation is 1. The number of aromatic nitrogens is 2. The molecule has 88 valence electrons. The molecule has 2 aromatic rings. The van der Waals surface area contributed by atoms with Gasteiger partial charge in [0.25, 0.3) is 0 Å². The van der Waals surface area contributed by atoms with E-state index < -0.39 is 0 Å². The topological polar surface area (TPSA) is 51.8 Å². The second-order valence-corrected chi connectivity index (χ2v) is 4.03. The van der Waals surface area contributed by atoms with Crippen molar-refractivity contribution >= 4 is 0 Å². The maximum atomic E-state index is 12.8. The van der Waals surface area contributed by atoms with Gasteiger partial charge in [0, 0.05) is 29.1 Å². The highest BCUT2D eigenvalue weighted by molar-refractivity contribution is 5.54. The van der Waals surface area contributed by atoms with E-state index >= 15 is 0 Å². The van der Waals surface area contributed by atoms with Gasteiger partial charge >= 0.3 is 0 Å². The number of nitrogens with two attached hydrogens (primary N) is 1. The fourth-order valence-corrected chi connectivity index (χ4v) is 1.66. The Morgan fingerprint density at radius 1 is 1.24 bits per heavy atom. The summed E-state index contributed by atoms with van der Waals surface area (Å²) in [5.74, 6) is 0.324. The maximum absolute atomic E-state index is 12.8. The van der Waals surface area contributed by atoms with Crippen LogP contribution >= 0.6 is 0 Å². The molecule has 1 aromatic carbocycles. The molecule has 0 saturated heterocycles. The van der Waals surface area contributed by atoms with Gasteiger partial charge in [0.15, 0.2) is 5.82 Å². The van der Waals surface area contributed by atoms with Crippen LogP contribution in [0.25, 0.3) is 11.4 Å². The average molecular weight is 231 g/mol. The lowest BCUT2D eigenvalue weighted by Gasteiger charge is -2.09. The number of nitrogens with zero attached hydrogens (tertiary/aromatic N) is 2. The minimum Gasteiger partial charge on any atom is -0.324 e. The van der Waals surface area contributed by atoms with Crippen molar-refractivity contribution in [1.82, 2.24) is 9.97 Å². The lowest BCUT2D eigenvalue weighted by atomic mass is 10.1. The highest BCUT2D eigenvalue weighted by atomic mass is 19.1. The normalized spacial score (nSPS) is 12.5. The summed E-state index contributed by atoms with van der Waals surface area (Å²) in [7, 11) is 0. The van der Waals surface area contributed by atoms with Crippen molar-refractivity contribution in [2.45, 2.75) is 19.9 Å². The Morgan fingerprint density at radius 2 is 1.88 bits per heavy atom. The Kier molecular flexibility index (Phi) is 3.15. The van der Waals surface area contributed by atoms with Crippen molar-refractivity contribution in [2.24, 2.45) is 5.73 Å². The zero-order valence-electron chi connectivity index (χ0n) is 9.81. The van der Waals surface area contributed by atoms with Crippen LogP contribution in [0.15, 0.2) is 30.5 Å². The highest BCUT2D eigenvalue weighted by Crippen LogP contribution is 2.18. The minimum atomic E-state index is -0.266. The number of halogens is 1. The summed E-state index contributed by atoms with van der Waals surface area (Å²) >= 11 is 0. The molecule has 4 heteroatoms. The fraction of sp³-hybridized carbons (Fsp3) is 0.231. The van der Waals surface area contributed by atoms with Crippen LogP contribution in [0.4, 0.5) is 4.39 Å². The van der Waals surface area contributed by atoms with Crippen molar-refractivity contribution in [2.75, 3.05) is 0 Å². The van der Waals surface area contributed by atoms with Crippen LogP contribution in [0.3, 0.4) is 0 Å². The molecule has 1 heterocycles. The van der Waals surface area contributed by atoms with Crippen molar-refractivity contribution < 1.29 is 4.39 Å². The Morgan fingerprint density at radius 3 is 2.41 bits per heavy atom. The zero-order chi connectivity index (χ0) is 12.4. The van der Waals surface area contributed by atoms with Gasteiger partial charge in [0.1, 0.15) is 5.82 Å². The predicted molar refractivity (Wildman–Crippen MR) is 64.8 cm³/mol. The SMILES string of the molecule is Cc1nc(-c2ccc(F)cc2)ncc1[C@H](C)N. The Labute approximate surface area is 99.5 Å². The molecule has 2 rings (SSSR count). The van der Waals surface area contributed by atoms with E-state index in [1.165, 1.54) is 12.1 Å². The second kappa shape index (κ2) is 4.59. The van der Waals surface area contributed by atoms with Crippen LogP contribution in [0.5, 0.6) is 0 Å². The molecule has 0 spiro atoms. The van der Waals surface area contributed by atoms with E-state index in [-0.39, 0.29) is 11.9 Å². The molecule has 0 fully saturated rings. The highest BCUT2D eigenvalue weighted by Gasteiger charge is 2.08. The molecular weight excluding hydrogens is 217 g/mol. The molecule has 0 aliphatic heterocycles. The third-order valence-electron chi connectivity index (χ3n) is 2.61. The summed E-state index contributed by atoms with van der Waals surface area (Å²) in [4.78, 5) is 8.63. The lowest BCUT2D eigenvalue weighted by Crippen LogP contribution is -2.09. The predicted octanol–water partition coefficient (Wildman–Crippen LogP) is 2.61. The first-order chi connectivity index (χ1) is 8.08. The molecule has 0 amide bonds. The third-order valence-corrected chi connectivity index (χ3v) is 2.61. The monoisotopic (exact) mass is 231 g/mol. The first kappa shape index (κ1) is 11.7. The summed E-state index contributed by atoms with van der Waals surface area (Å²) in [6.07, 6.45) is 1.73. The molecule has 0 aliphatic carbocycles. The van der Waals surface area contributed by atoms with Crippen molar-refractivity contribution in [3.63, 3.8) is 0 Å². The summed E-state index contributed by atoms with van der Waals surface area (Å²) < 4.78 is 12.8. The zero-order valence-corrected chi connectivity index (χ0v) is 9.81. The molecule has 1 aromatic heterocycles. The largest absolute Gasteiger partial charge is 0.324 e. The molecule has 0 aliphatic rings. The van der Waals surface area contributed by atoms with Crippen LogP contribution in [0.2, 0.25) is 0 Å². The van der Waals surface area contributed by atoms with E-state index in [1.54, 1.807) is 18.3 Å². The van der Waals surface area contributed by atoms with Crippen molar-refractivity contribution in [3.8, 4) is 11.4 Å². The smallest absolute Gasteiger partial charge is 0.159 e. The first-order valence-corrected chi connectivity index (χ1v) is 5.43. The Hall–Kier alpha value is -1.81. The molecule has 3 nitrogen and oxygen atoms in total. The molecule has 0 unspecified atom stereocenters. The lowest BCUT2D eigenvalue weighted by molar-refractivity contribution is 0.628. The number of benzene rings is 1. The fourth-order valence-electron chi connectivity index (χ4n) is 1.66. The minimum absolute atomic E-state index is 0.0859. The van der Waals surface area contributed by atoms with Crippen molar-refractivity contribution in [1.29, 1.82) is 0 Å². The van der Waals surface area contributed by atoms with Crippen LogP contribution in [-0.4, -0.2) is 9.97 Å². The summed E-state index contributed by atoms with van der Waals surface area (Å²) in [5, 5.41) is 0. The van der Waals surface area contributed by atoms with Gasteiger partial charge in [-0.3, -0.25) is 0 Å². The summed E-state index contributed by atoms with van der Waals surface area (Å²) in [6.45, 7) is 3.79. The van der Waals surface area contributed by atoms with Crippen molar-refractivity contribution in [3.05, 3.63) is 47.5 Å². The standard InChI is InChI=1S/C13H14FN3/c1-8(15)12-7-16-13(17-9(12)2)10-3-5-11(14)6-4-10/h3-8H,15H2,1-2H3/t8-/m0/s1. The quantitative estimate of drug-likeness (QED) is 0.864. The van der Waals surface area contributed by atoms with Crippen LogP contribution < -0.4 is 5.73 Å². The van der Waals surface area contributed by atoms with Crippen LogP contribution in [-0.2, 0) is 0 Å². The second-order valence-electron chi connectivity index (χ2n) is 4.03. The molecule has 17 heavy (non-hydrogen) atoms. The Bertz CT molecular complexity index is 521. The van der Waals surface area contributed by atoms with E-state index in [4.69, 9.17) is 5.73 Å². The molecular formula is C13H14FN3.